The molecule has 2 aliphatic rings. The van der Waals surface area contributed by atoms with E-state index in [9.17, 15) is 4.79 Å². The molecule has 90 valence electrons. The van der Waals surface area contributed by atoms with Crippen LogP contribution in [0.1, 0.15) is 37.8 Å². The van der Waals surface area contributed by atoms with Gasteiger partial charge in [0, 0.05) is 11.6 Å². The highest BCUT2D eigenvalue weighted by Crippen LogP contribution is 2.62. The third-order valence-corrected chi connectivity index (χ3v) is 4.28. The van der Waals surface area contributed by atoms with E-state index < -0.39 is 0 Å². The number of hydrogen-bond donors (Lipinski definition) is 1. The average molecular weight is 230 g/mol. The highest BCUT2D eigenvalue weighted by atomic mass is 16.2. The fourth-order valence-corrected chi connectivity index (χ4v) is 3.12. The Bertz CT molecular complexity index is 432. The van der Waals surface area contributed by atoms with Gasteiger partial charge in [0.05, 0.1) is 11.9 Å². The van der Waals surface area contributed by atoms with Crippen LogP contribution in [0.25, 0.3) is 0 Å². The highest BCUT2D eigenvalue weighted by molar-refractivity contribution is 5.95. The number of carbonyl (C=O) groups excluding carboxylic acids is 1. The second-order valence-corrected chi connectivity index (χ2v) is 5.50. The average Bonchev–Trinajstić information content (AvgIpc) is 2.81. The Morgan fingerprint density at radius 2 is 2.18 bits per heavy atom. The summed E-state index contributed by atoms with van der Waals surface area (Å²) in [5.41, 5.74) is 2.17. The zero-order valence-corrected chi connectivity index (χ0v) is 10.2. The van der Waals surface area contributed by atoms with E-state index in [1.54, 1.807) is 6.20 Å². The Balaban J connectivity index is 1.63. The Morgan fingerprint density at radius 3 is 2.82 bits per heavy atom. The molecule has 0 aliphatic heterocycles. The lowest BCUT2D eigenvalue weighted by atomic mass is 10.0. The van der Waals surface area contributed by atoms with Crippen LogP contribution >= 0.6 is 0 Å². The fraction of sp³-hybridized carbons (Fsp3) is 0.571. The summed E-state index contributed by atoms with van der Waals surface area (Å²) >= 11 is 0. The monoisotopic (exact) mass is 230 g/mol. The van der Waals surface area contributed by atoms with E-state index in [1.807, 2.05) is 19.1 Å². The summed E-state index contributed by atoms with van der Waals surface area (Å²) in [7, 11) is 0. The van der Waals surface area contributed by atoms with Crippen molar-refractivity contribution < 1.29 is 4.79 Å². The topological polar surface area (TPSA) is 42.0 Å². The lowest BCUT2D eigenvalue weighted by Crippen LogP contribution is -2.17. The van der Waals surface area contributed by atoms with E-state index in [0.717, 1.165) is 17.8 Å². The Labute approximate surface area is 102 Å². The second-order valence-electron chi connectivity index (χ2n) is 5.50. The van der Waals surface area contributed by atoms with Crippen molar-refractivity contribution in [3.8, 4) is 0 Å². The number of aromatic nitrogens is 1. The largest absolute Gasteiger partial charge is 0.324 e. The first-order valence-electron chi connectivity index (χ1n) is 6.43. The predicted octanol–water partition coefficient (Wildman–Crippen LogP) is 2.91. The first-order chi connectivity index (χ1) is 8.20. The van der Waals surface area contributed by atoms with Gasteiger partial charge in [-0.2, -0.15) is 0 Å². The molecule has 0 radical (unpaired) electrons. The Morgan fingerprint density at radius 1 is 1.41 bits per heavy atom. The molecule has 0 aromatic carbocycles. The molecule has 3 heteroatoms. The molecule has 1 N–H and O–H groups in total. The minimum Gasteiger partial charge on any atom is -0.324 e. The van der Waals surface area contributed by atoms with E-state index in [2.05, 4.69) is 10.3 Å². The van der Waals surface area contributed by atoms with Crippen LogP contribution in [-0.4, -0.2) is 10.9 Å². The van der Waals surface area contributed by atoms with Crippen LogP contribution in [-0.2, 0) is 4.79 Å². The van der Waals surface area contributed by atoms with Crippen molar-refractivity contribution in [3.63, 3.8) is 0 Å². The standard InChI is InChI=1S/C14H18N2O/c1-10-4-5-11(9-15-10)16-13(17)12-8-14(12)6-2-3-7-14/h4-5,9,12H,2-3,6-8H2,1H3,(H,16,17)/t12-/m0/s1. The zero-order chi connectivity index (χ0) is 11.9. The number of carbonyl (C=O) groups is 1. The number of pyridine rings is 1. The van der Waals surface area contributed by atoms with E-state index in [1.165, 1.54) is 25.7 Å². The van der Waals surface area contributed by atoms with Gasteiger partial charge in [-0.3, -0.25) is 9.78 Å². The lowest BCUT2D eigenvalue weighted by Gasteiger charge is -2.08. The Kier molecular flexibility index (Phi) is 2.42. The number of amides is 1. The SMILES string of the molecule is Cc1ccc(NC(=O)[C@@H]2CC23CCCC3)cn1. The van der Waals surface area contributed by atoms with Crippen molar-refractivity contribution in [1.82, 2.24) is 4.98 Å². The molecule has 2 aliphatic carbocycles. The molecule has 0 bridgehead atoms. The van der Waals surface area contributed by atoms with Crippen molar-refractivity contribution in [1.29, 1.82) is 0 Å². The number of rotatable bonds is 2. The molecular formula is C14H18N2O. The molecule has 3 nitrogen and oxygen atoms in total. The van der Waals surface area contributed by atoms with Crippen LogP contribution in [0.4, 0.5) is 5.69 Å². The summed E-state index contributed by atoms with van der Waals surface area (Å²) in [4.78, 5) is 16.3. The molecule has 1 spiro atoms. The van der Waals surface area contributed by atoms with E-state index in [0.29, 0.717) is 5.41 Å². The molecule has 17 heavy (non-hydrogen) atoms. The Hall–Kier alpha value is -1.38. The number of anilines is 1. The summed E-state index contributed by atoms with van der Waals surface area (Å²) in [5.74, 6) is 0.448. The second kappa shape index (κ2) is 3.83. The summed E-state index contributed by atoms with van der Waals surface area (Å²) in [6.07, 6.45) is 7.93. The third kappa shape index (κ3) is 1.94. The van der Waals surface area contributed by atoms with Crippen LogP contribution in [0.3, 0.4) is 0 Å². The quantitative estimate of drug-likeness (QED) is 0.848. The van der Waals surface area contributed by atoms with Gasteiger partial charge in [0.15, 0.2) is 0 Å². The van der Waals surface area contributed by atoms with Gasteiger partial charge in [0.25, 0.3) is 0 Å². The predicted molar refractivity (Wildman–Crippen MR) is 66.6 cm³/mol. The van der Waals surface area contributed by atoms with E-state index >= 15 is 0 Å². The number of nitrogens with zero attached hydrogens (tertiary/aromatic N) is 1. The lowest BCUT2D eigenvalue weighted by molar-refractivity contribution is -0.118. The normalized spacial score (nSPS) is 24.9. The molecule has 1 amide bonds. The highest BCUT2D eigenvalue weighted by Gasteiger charge is 2.58. The number of hydrogen-bond acceptors (Lipinski definition) is 2. The van der Waals surface area contributed by atoms with Gasteiger partial charge in [-0.1, -0.05) is 12.8 Å². The maximum Gasteiger partial charge on any atom is 0.228 e. The van der Waals surface area contributed by atoms with Gasteiger partial charge >= 0.3 is 0 Å². The van der Waals surface area contributed by atoms with Gasteiger partial charge < -0.3 is 5.32 Å². The van der Waals surface area contributed by atoms with Crippen molar-refractivity contribution in [2.75, 3.05) is 5.32 Å². The molecule has 1 aromatic rings. The molecule has 0 saturated heterocycles. The van der Waals surface area contributed by atoms with Gasteiger partial charge in [-0.25, -0.2) is 0 Å². The van der Waals surface area contributed by atoms with E-state index in [4.69, 9.17) is 0 Å². The summed E-state index contributed by atoms with van der Waals surface area (Å²) < 4.78 is 0. The first kappa shape index (κ1) is 10.8. The smallest absolute Gasteiger partial charge is 0.228 e. The molecule has 3 rings (SSSR count). The minimum absolute atomic E-state index is 0.192. The van der Waals surface area contributed by atoms with Crippen LogP contribution < -0.4 is 5.32 Å². The zero-order valence-electron chi connectivity index (χ0n) is 10.2. The van der Waals surface area contributed by atoms with Gasteiger partial charge in [0.2, 0.25) is 5.91 Å². The molecule has 0 unspecified atom stereocenters. The van der Waals surface area contributed by atoms with Crippen LogP contribution in [0.5, 0.6) is 0 Å². The first-order valence-corrected chi connectivity index (χ1v) is 6.43. The van der Waals surface area contributed by atoms with Crippen LogP contribution in [0, 0.1) is 18.3 Å². The molecule has 1 heterocycles. The number of nitrogens with one attached hydrogen (secondary N) is 1. The molecule has 1 atom stereocenters. The number of aryl methyl sites for hydroxylation is 1. The van der Waals surface area contributed by atoms with Gasteiger partial charge in [-0.05, 0) is 43.7 Å². The van der Waals surface area contributed by atoms with Crippen molar-refractivity contribution in [2.24, 2.45) is 11.3 Å². The van der Waals surface area contributed by atoms with Gasteiger partial charge in [0.1, 0.15) is 0 Å². The van der Waals surface area contributed by atoms with Crippen LogP contribution in [0.15, 0.2) is 18.3 Å². The molecule has 1 aromatic heterocycles. The van der Waals surface area contributed by atoms with Crippen LogP contribution in [0.2, 0.25) is 0 Å². The summed E-state index contributed by atoms with van der Waals surface area (Å²) in [6, 6.07) is 3.85. The third-order valence-electron chi connectivity index (χ3n) is 4.28. The maximum absolute atomic E-state index is 12.1. The van der Waals surface area contributed by atoms with Gasteiger partial charge in [-0.15, -0.1) is 0 Å². The van der Waals surface area contributed by atoms with Crippen molar-refractivity contribution in [3.05, 3.63) is 24.0 Å². The summed E-state index contributed by atoms with van der Waals surface area (Å²) in [5, 5.41) is 2.98. The molecule has 2 fully saturated rings. The van der Waals surface area contributed by atoms with Crippen molar-refractivity contribution in [2.45, 2.75) is 39.0 Å². The molecule has 2 saturated carbocycles. The van der Waals surface area contributed by atoms with Crippen molar-refractivity contribution >= 4 is 11.6 Å². The maximum atomic E-state index is 12.1. The summed E-state index contributed by atoms with van der Waals surface area (Å²) in [6.45, 7) is 1.94. The minimum atomic E-state index is 0.192. The molecular weight excluding hydrogens is 212 g/mol. The fourth-order valence-electron chi connectivity index (χ4n) is 3.12. The van der Waals surface area contributed by atoms with E-state index in [-0.39, 0.29) is 11.8 Å².